The summed E-state index contributed by atoms with van der Waals surface area (Å²) in [7, 11) is 1.62. The number of aliphatic hydroxyl groups is 1. The van der Waals surface area contributed by atoms with Crippen LogP contribution in [0, 0.1) is 0 Å². The van der Waals surface area contributed by atoms with E-state index in [-0.39, 0.29) is 19.1 Å². The Hall–Kier alpha value is -1.02. The Labute approximate surface area is 373 Å². The number of aliphatic hydroxyl groups excluding tert-OH is 1. The normalized spacial score (nSPS) is 14.3. The Morgan fingerprint density at radius 2 is 0.950 bits per heavy atom. The van der Waals surface area contributed by atoms with E-state index in [1.807, 2.05) is 21.1 Å². The Kier molecular flexibility index (Phi) is 42.5. The maximum atomic E-state index is 12.9. The van der Waals surface area contributed by atoms with E-state index < -0.39 is 20.0 Å². The largest absolute Gasteiger partial charge is 0.472 e. The fraction of sp³-hybridized carbons (Fsp3) is 0.902. The minimum Gasteiger partial charge on any atom is -0.391 e. The average Bonchev–Trinajstić information content (AvgIpc) is 3.20. The number of rotatable bonds is 47. The van der Waals surface area contributed by atoms with Gasteiger partial charge in [-0.05, 0) is 44.9 Å². The number of hydrogen-bond donors (Lipinski definition) is 3. The molecule has 60 heavy (non-hydrogen) atoms. The van der Waals surface area contributed by atoms with Gasteiger partial charge in [0.15, 0.2) is 0 Å². The molecule has 0 spiro atoms. The van der Waals surface area contributed by atoms with Crippen molar-refractivity contribution >= 4 is 13.7 Å². The highest BCUT2D eigenvalue weighted by molar-refractivity contribution is 7.47. The number of carbonyl (C=O) groups excluding carboxylic acids is 1. The molecule has 0 bridgehead atoms. The summed E-state index contributed by atoms with van der Waals surface area (Å²) in [5, 5.41) is 14.0. The zero-order chi connectivity index (χ0) is 44.3. The van der Waals surface area contributed by atoms with E-state index in [2.05, 4.69) is 43.5 Å². The summed E-state index contributed by atoms with van der Waals surface area (Å²) in [6.07, 6.45) is 52.0. The third-order valence-electron chi connectivity index (χ3n) is 11.7. The molecule has 3 unspecified atom stereocenters. The van der Waals surface area contributed by atoms with Gasteiger partial charge < -0.3 is 19.8 Å². The van der Waals surface area contributed by atoms with Crippen LogP contribution in [0.4, 0.5) is 0 Å². The highest BCUT2D eigenvalue weighted by Gasteiger charge is 2.28. The lowest BCUT2D eigenvalue weighted by molar-refractivity contribution is -0.870. The van der Waals surface area contributed by atoms with Crippen LogP contribution in [0.5, 0.6) is 0 Å². The second-order valence-electron chi connectivity index (χ2n) is 18.9. The number of amides is 1. The first-order chi connectivity index (χ1) is 29.0. The predicted octanol–water partition coefficient (Wildman–Crippen LogP) is 14.9. The van der Waals surface area contributed by atoms with Crippen LogP contribution in [0.15, 0.2) is 24.3 Å². The van der Waals surface area contributed by atoms with E-state index >= 15 is 0 Å². The topological polar surface area (TPSA) is 105 Å². The van der Waals surface area contributed by atoms with E-state index in [0.717, 1.165) is 44.9 Å². The van der Waals surface area contributed by atoms with Gasteiger partial charge in [0.05, 0.1) is 39.9 Å². The molecule has 0 aliphatic rings. The molecule has 1 amide bonds. The smallest absolute Gasteiger partial charge is 0.391 e. The summed E-state index contributed by atoms with van der Waals surface area (Å²) >= 11 is 0. The summed E-state index contributed by atoms with van der Waals surface area (Å²) in [4.78, 5) is 23.2. The number of nitrogens with one attached hydrogen (secondary N) is 1. The molecule has 0 saturated carbocycles. The fourth-order valence-corrected chi connectivity index (χ4v) is 8.34. The Balaban J connectivity index is 4.26. The van der Waals surface area contributed by atoms with E-state index in [4.69, 9.17) is 9.05 Å². The highest BCUT2D eigenvalue weighted by Crippen LogP contribution is 2.43. The summed E-state index contributed by atoms with van der Waals surface area (Å²) in [5.74, 6) is -0.147. The third-order valence-corrected chi connectivity index (χ3v) is 12.7. The molecule has 8 nitrogen and oxygen atoms in total. The van der Waals surface area contributed by atoms with Crippen LogP contribution in [-0.2, 0) is 18.4 Å². The van der Waals surface area contributed by atoms with Crippen LogP contribution in [0.1, 0.15) is 245 Å². The number of hydrogen-bond acceptors (Lipinski definition) is 5. The first-order valence-corrected chi connectivity index (χ1v) is 27.2. The molecule has 0 aromatic rings. The van der Waals surface area contributed by atoms with Gasteiger partial charge in [0.1, 0.15) is 13.2 Å². The standard InChI is InChI=1S/C51H101N2O6P/c1-6-8-10-12-14-16-18-20-22-24-25-26-27-29-31-33-35-37-39-41-43-45-51(55)52-49(48-59-60(56,57)58-47-46-53(3,4)5)50(54)44-42-40-38-36-34-32-30-28-23-21-19-17-15-13-11-9-7-2/h18,20,24-25,49-50,54H,6-17,19,21-23,26-48H2,1-5H3,(H-,52,55,56,57)/p+1/b20-18-,25-24-. The zero-order valence-corrected chi connectivity index (χ0v) is 41.4. The van der Waals surface area contributed by atoms with E-state index in [1.165, 1.54) is 173 Å². The van der Waals surface area contributed by atoms with Crippen molar-refractivity contribution in [2.24, 2.45) is 0 Å². The van der Waals surface area contributed by atoms with Gasteiger partial charge in [-0.1, -0.05) is 218 Å². The Bertz CT molecular complexity index is 1030. The van der Waals surface area contributed by atoms with Gasteiger partial charge >= 0.3 is 7.82 Å². The number of phosphoric ester groups is 1. The summed E-state index contributed by atoms with van der Waals surface area (Å²) in [6.45, 7) is 4.90. The van der Waals surface area contributed by atoms with Crippen LogP contribution in [0.2, 0.25) is 0 Å². The molecule has 3 N–H and O–H groups in total. The number of nitrogens with zero attached hydrogens (tertiary/aromatic N) is 1. The van der Waals surface area contributed by atoms with Crippen molar-refractivity contribution in [3.05, 3.63) is 24.3 Å². The molecule has 0 aromatic carbocycles. The first-order valence-electron chi connectivity index (χ1n) is 25.7. The Morgan fingerprint density at radius 1 is 0.567 bits per heavy atom. The van der Waals surface area contributed by atoms with Gasteiger partial charge in [0.25, 0.3) is 0 Å². The number of unbranched alkanes of at least 4 members (excludes halogenated alkanes) is 30. The SMILES string of the molecule is CCCCCCC/C=C\C/C=C\CCCCCCCCCCCC(=O)NC(COP(=O)(O)OCC[N+](C)(C)C)C(O)CCCCCCCCCCCCCCCCCCC. The summed E-state index contributed by atoms with van der Waals surface area (Å²) in [5.41, 5.74) is 0. The van der Waals surface area contributed by atoms with Gasteiger partial charge in [-0.3, -0.25) is 13.8 Å². The van der Waals surface area contributed by atoms with Crippen LogP contribution in [0.3, 0.4) is 0 Å². The minimum absolute atomic E-state index is 0.0748. The second kappa shape index (κ2) is 43.2. The molecule has 0 aliphatic carbocycles. The van der Waals surface area contributed by atoms with Crippen molar-refractivity contribution in [2.45, 2.75) is 257 Å². The molecule has 0 aliphatic heterocycles. The molecule has 0 rings (SSSR count). The third kappa shape index (κ3) is 45.0. The molecule has 0 saturated heterocycles. The highest BCUT2D eigenvalue weighted by atomic mass is 31.2. The summed E-state index contributed by atoms with van der Waals surface area (Å²) < 4.78 is 23.7. The molecule has 0 radical (unpaired) electrons. The second-order valence-corrected chi connectivity index (χ2v) is 20.4. The van der Waals surface area contributed by atoms with Crippen molar-refractivity contribution in [3.8, 4) is 0 Å². The van der Waals surface area contributed by atoms with Gasteiger partial charge in [-0.25, -0.2) is 4.57 Å². The number of likely N-dealkylation sites (N-methyl/N-ethyl adjacent to an activating group) is 1. The first kappa shape index (κ1) is 59.0. The lowest BCUT2D eigenvalue weighted by Crippen LogP contribution is -2.46. The molecule has 3 atom stereocenters. The lowest BCUT2D eigenvalue weighted by Gasteiger charge is -2.26. The van der Waals surface area contributed by atoms with Gasteiger partial charge in [-0.2, -0.15) is 0 Å². The predicted molar refractivity (Wildman–Crippen MR) is 258 cm³/mol. The number of allylic oxidation sites excluding steroid dienone is 4. The molecular formula is C51H102N2O6P+. The van der Waals surface area contributed by atoms with Crippen molar-refractivity contribution in [1.82, 2.24) is 5.32 Å². The maximum absolute atomic E-state index is 12.9. The lowest BCUT2D eigenvalue weighted by atomic mass is 10.0. The molecule has 0 heterocycles. The number of phosphoric acid groups is 1. The van der Waals surface area contributed by atoms with E-state index in [9.17, 15) is 19.4 Å². The van der Waals surface area contributed by atoms with Gasteiger partial charge in [0, 0.05) is 6.42 Å². The van der Waals surface area contributed by atoms with Crippen molar-refractivity contribution in [3.63, 3.8) is 0 Å². The molecule has 0 aromatic heterocycles. The summed E-state index contributed by atoms with van der Waals surface area (Å²) in [6, 6.07) is -0.761. The van der Waals surface area contributed by atoms with Crippen LogP contribution >= 0.6 is 7.82 Å². The Morgan fingerprint density at radius 3 is 1.37 bits per heavy atom. The number of carbonyl (C=O) groups is 1. The monoisotopic (exact) mass is 870 g/mol. The molecule has 0 fully saturated rings. The molecule has 9 heteroatoms. The average molecular weight is 870 g/mol. The molecular weight excluding hydrogens is 768 g/mol. The fourth-order valence-electron chi connectivity index (χ4n) is 7.61. The quantitative estimate of drug-likeness (QED) is 0.0243. The van der Waals surface area contributed by atoms with Gasteiger partial charge in [-0.15, -0.1) is 0 Å². The van der Waals surface area contributed by atoms with E-state index in [1.54, 1.807) is 0 Å². The minimum atomic E-state index is -4.32. The molecule has 356 valence electrons. The number of quaternary nitrogens is 1. The van der Waals surface area contributed by atoms with E-state index in [0.29, 0.717) is 23.9 Å². The van der Waals surface area contributed by atoms with Crippen molar-refractivity contribution in [2.75, 3.05) is 40.9 Å². The van der Waals surface area contributed by atoms with Crippen LogP contribution in [0.25, 0.3) is 0 Å². The van der Waals surface area contributed by atoms with Gasteiger partial charge in [0.2, 0.25) is 5.91 Å². The van der Waals surface area contributed by atoms with Crippen LogP contribution in [-0.4, -0.2) is 73.4 Å². The van der Waals surface area contributed by atoms with Crippen molar-refractivity contribution < 1.29 is 32.9 Å². The van der Waals surface area contributed by atoms with Crippen LogP contribution < -0.4 is 5.32 Å². The maximum Gasteiger partial charge on any atom is 0.472 e. The zero-order valence-electron chi connectivity index (χ0n) is 40.5. The van der Waals surface area contributed by atoms with Crippen molar-refractivity contribution in [1.29, 1.82) is 0 Å².